The number of hydrogen-bond acceptors (Lipinski definition) is 2. The summed E-state index contributed by atoms with van der Waals surface area (Å²) in [5.41, 5.74) is 2.62. The third kappa shape index (κ3) is 3.07. The van der Waals surface area contributed by atoms with Crippen LogP contribution in [-0.2, 0) is 13.6 Å². The molecule has 1 aromatic heterocycles. The molecular formula is C16H21N3O. The van der Waals surface area contributed by atoms with Gasteiger partial charge in [0.1, 0.15) is 0 Å². The molecule has 0 aliphatic heterocycles. The minimum Gasteiger partial charge on any atom is -0.331 e. The molecule has 0 atom stereocenters. The van der Waals surface area contributed by atoms with Crippen LogP contribution in [0.25, 0.3) is 0 Å². The molecule has 2 aromatic rings. The zero-order chi connectivity index (χ0) is 14.7. The number of rotatable bonds is 4. The SMILES string of the molecule is Cc1cc(C(=O)N(Cc2ccccc2)C(C)C)nn1C. The minimum atomic E-state index is -0.0208. The van der Waals surface area contributed by atoms with E-state index in [1.807, 2.05) is 69.1 Å². The van der Waals surface area contributed by atoms with E-state index in [0.717, 1.165) is 11.3 Å². The first-order valence-electron chi connectivity index (χ1n) is 6.84. The van der Waals surface area contributed by atoms with E-state index in [1.165, 1.54) is 0 Å². The summed E-state index contributed by atoms with van der Waals surface area (Å²) in [5.74, 6) is -0.0208. The monoisotopic (exact) mass is 271 g/mol. The lowest BCUT2D eigenvalue weighted by Gasteiger charge is -2.26. The van der Waals surface area contributed by atoms with E-state index >= 15 is 0 Å². The third-order valence-corrected chi connectivity index (χ3v) is 3.41. The van der Waals surface area contributed by atoms with Crippen molar-refractivity contribution in [3.8, 4) is 0 Å². The molecule has 4 nitrogen and oxygen atoms in total. The molecule has 1 amide bonds. The molecule has 0 aliphatic carbocycles. The van der Waals surface area contributed by atoms with Crippen molar-refractivity contribution in [3.05, 3.63) is 53.3 Å². The fraction of sp³-hybridized carbons (Fsp3) is 0.375. The second-order valence-electron chi connectivity index (χ2n) is 5.31. The maximum absolute atomic E-state index is 12.6. The van der Waals surface area contributed by atoms with Crippen molar-refractivity contribution in [3.63, 3.8) is 0 Å². The van der Waals surface area contributed by atoms with Gasteiger partial charge in [-0.1, -0.05) is 30.3 Å². The average Bonchev–Trinajstić information content (AvgIpc) is 2.76. The Labute approximate surface area is 120 Å². The van der Waals surface area contributed by atoms with Crippen molar-refractivity contribution < 1.29 is 4.79 Å². The van der Waals surface area contributed by atoms with Gasteiger partial charge in [-0.2, -0.15) is 5.10 Å². The lowest BCUT2D eigenvalue weighted by atomic mass is 10.1. The average molecular weight is 271 g/mol. The van der Waals surface area contributed by atoms with Gasteiger partial charge < -0.3 is 4.90 Å². The van der Waals surface area contributed by atoms with E-state index in [2.05, 4.69) is 5.10 Å². The molecule has 0 fully saturated rings. The second-order valence-corrected chi connectivity index (χ2v) is 5.31. The van der Waals surface area contributed by atoms with Crippen LogP contribution in [0.15, 0.2) is 36.4 Å². The molecule has 1 heterocycles. The Morgan fingerprint density at radius 2 is 1.95 bits per heavy atom. The first kappa shape index (κ1) is 14.3. The van der Waals surface area contributed by atoms with Gasteiger partial charge in [-0.15, -0.1) is 0 Å². The normalized spacial score (nSPS) is 10.8. The third-order valence-electron chi connectivity index (χ3n) is 3.41. The van der Waals surface area contributed by atoms with Gasteiger partial charge >= 0.3 is 0 Å². The number of carbonyl (C=O) groups excluding carboxylic acids is 1. The molecule has 0 unspecified atom stereocenters. The Morgan fingerprint density at radius 1 is 1.30 bits per heavy atom. The van der Waals surface area contributed by atoms with Crippen molar-refractivity contribution in [2.45, 2.75) is 33.4 Å². The second kappa shape index (κ2) is 5.90. The molecule has 1 aromatic carbocycles. The Morgan fingerprint density at radius 3 is 2.45 bits per heavy atom. The van der Waals surface area contributed by atoms with E-state index in [0.29, 0.717) is 12.2 Å². The standard InChI is InChI=1S/C16H21N3O/c1-12(2)19(11-14-8-6-5-7-9-14)16(20)15-10-13(3)18(4)17-15/h5-10,12H,11H2,1-4H3. The van der Waals surface area contributed by atoms with Gasteiger partial charge in [0.15, 0.2) is 5.69 Å². The van der Waals surface area contributed by atoms with Gasteiger partial charge in [-0.25, -0.2) is 0 Å². The number of aryl methyl sites for hydroxylation is 2. The van der Waals surface area contributed by atoms with Gasteiger partial charge in [0.2, 0.25) is 0 Å². The predicted octanol–water partition coefficient (Wildman–Crippen LogP) is 2.78. The number of nitrogens with zero attached hydrogens (tertiary/aromatic N) is 3. The fourth-order valence-corrected chi connectivity index (χ4v) is 2.08. The number of aromatic nitrogens is 2. The van der Waals surface area contributed by atoms with Crippen LogP contribution in [0, 0.1) is 6.92 Å². The summed E-state index contributed by atoms with van der Waals surface area (Å²) in [5, 5.41) is 4.28. The summed E-state index contributed by atoms with van der Waals surface area (Å²) in [4.78, 5) is 14.5. The highest BCUT2D eigenvalue weighted by molar-refractivity contribution is 5.92. The molecule has 0 bridgehead atoms. The van der Waals surface area contributed by atoms with Gasteiger partial charge in [-0.05, 0) is 32.4 Å². The van der Waals surface area contributed by atoms with Crippen LogP contribution in [-0.4, -0.2) is 26.6 Å². The zero-order valence-electron chi connectivity index (χ0n) is 12.5. The first-order valence-corrected chi connectivity index (χ1v) is 6.84. The van der Waals surface area contributed by atoms with Crippen molar-refractivity contribution in [2.75, 3.05) is 0 Å². The molecule has 2 rings (SSSR count). The first-order chi connectivity index (χ1) is 9.49. The molecule has 0 N–H and O–H groups in total. The zero-order valence-corrected chi connectivity index (χ0v) is 12.5. The Hall–Kier alpha value is -2.10. The topological polar surface area (TPSA) is 38.1 Å². The van der Waals surface area contributed by atoms with Gasteiger partial charge in [0, 0.05) is 25.3 Å². The molecule has 0 aliphatic rings. The number of benzene rings is 1. The van der Waals surface area contributed by atoms with Crippen LogP contribution in [0.5, 0.6) is 0 Å². The van der Waals surface area contributed by atoms with E-state index in [1.54, 1.807) is 4.68 Å². The van der Waals surface area contributed by atoms with Crippen LogP contribution >= 0.6 is 0 Å². The van der Waals surface area contributed by atoms with E-state index in [4.69, 9.17) is 0 Å². The highest BCUT2D eigenvalue weighted by Gasteiger charge is 2.21. The number of hydrogen-bond donors (Lipinski definition) is 0. The fourth-order valence-electron chi connectivity index (χ4n) is 2.08. The predicted molar refractivity (Wildman–Crippen MR) is 79.4 cm³/mol. The van der Waals surface area contributed by atoms with Crippen LogP contribution < -0.4 is 0 Å². The summed E-state index contributed by atoms with van der Waals surface area (Å²) in [6, 6.07) is 12.0. The molecule has 0 spiro atoms. The highest BCUT2D eigenvalue weighted by atomic mass is 16.2. The van der Waals surface area contributed by atoms with Crippen LogP contribution in [0.2, 0.25) is 0 Å². The Balaban J connectivity index is 2.22. The van der Waals surface area contributed by atoms with Crippen molar-refractivity contribution in [2.24, 2.45) is 7.05 Å². The summed E-state index contributed by atoms with van der Waals surface area (Å²) in [6.07, 6.45) is 0. The number of carbonyl (C=O) groups is 1. The van der Waals surface area contributed by atoms with Crippen LogP contribution in [0.3, 0.4) is 0 Å². The van der Waals surface area contributed by atoms with Crippen molar-refractivity contribution in [1.82, 2.24) is 14.7 Å². The Bertz CT molecular complexity index is 568. The minimum absolute atomic E-state index is 0.0208. The molecule has 0 saturated carbocycles. The largest absolute Gasteiger partial charge is 0.331 e. The maximum atomic E-state index is 12.6. The molecule has 4 heteroatoms. The molecular weight excluding hydrogens is 250 g/mol. The van der Waals surface area contributed by atoms with Crippen LogP contribution in [0.1, 0.15) is 35.6 Å². The maximum Gasteiger partial charge on any atom is 0.274 e. The van der Waals surface area contributed by atoms with Crippen LogP contribution in [0.4, 0.5) is 0 Å². The summed E-state index contributed by atoms with van der Waals surface area (Å²) in [6.45, 7) is 6.60. The van der Waals surface area contributed by atoms with Gasteiger partial charge in [0.25, 0.3) is 5.91 Å². The molecule has 0 saturated heterocycles. The number of amides is 1. The lowest BCUT2D eigenvalue weighted by Crippen LogP contribution is -2.36. The summed E-state index contributed by atoms with van der Waals surface area (Å²) < 4.78 is 1.73. The highest BCUT2D eigenvalue weighted by Crippen LogP contribution is 2.13. The molecule has 20 heavy (non-hydrogen) atoms. The smallest absolute Gasteiger partial charge is 0.274 e. The quantitative estimate of drug-likeness (QED) is 0.857. The summed E-state index contributed by atoms with van der Waals surface area (Å²) >= 11 is 0. The van der Waals surface area contributed by atoms with E-state index in [9.17, 15) is 4.79 Å². The van der Waals surface area contributed by atoms with E-state index < -0.39 is 0 Å². The van der Waals surface area contributed by atoms with Gasteiger partial charge in [-0.3, -0.25) is 9.48 Å². The molecule has 0 radical (unpaired) electrons. The van der Waals surface area contributed by atoms with Crippen molar-refractivity contribution >= 4 is 5.91 Å². The van der Waals surface area contributed by atoms with E-state index in [-0.39, 0.29) is 11.9 Å². The molecule has 106 valence electrons. The Kier molecular flexibility index (Phi) is 4.23. The van der Waals surface area contributed by atoms with Gasteiger partial charge in [0.05, 0.1) is 0 Å². The van der Waals surface area contributed by atoms with Crippen molar-refractivity contribution in [1.29, 1.82) is 0 Å². The lowest BCUT2D eigenvalue weighted by molar-refractivity contribution is 0.0683. The summed E-state index contributed by atoms with van der Waals surface area (Å²) in [7, 11) is 1.85.